The molecule has 3 N–H and O–H groups in total. The van der Waals surface area contributed by atoms with Crippen molar-refractivity contribution in [3.8, 4) is 5.69 Å². The van der Waals surface area contributed by atoms with Crippen molar-refractivity contribution in [1.29, 1.82) is 0 Å². The highest BCUT2D eigenvalue weighted by Gasteiger charge is 2.55. The van der Waals surface area contributed by atoms with Crippen LogP contribution >= 0.6 is 0 Å². The maximum atomic E-state index is 13.2. The molecule has 53 heavy (non-hydrogen) atoms. The Labute approximate surface area is 311 Å². The van der Waals surface area contributed by atoms with Gasteiger partial charge in [0, 0.05) is 58.1 Å². The topological polar surface area (TPSA) is 167 Å². The van der Waals surface area contributed by atoms with Gasteiger partial charge in [-0.05, 0) is 110 Å². The molecule has 3 aliphatic rings. The van der Waals surface area contributed by atoms with Crippen molar-refractivity contribution in [2.45, 2.75) is 91.5 Å². The Morgan fingerprint density at radius 1 is 0.830 bits per heavy atom. The number of alkyl carbamates (subject to hydrolysis) is 2. The molecule has 0 bridgehead atoms. The van der Waals surface area contributed by atoms with Crippen LogP contribution in [0.5, 0.6) is 0 Å². The number of fused-ring (bicyclic) bond motifs is 1. The number of piperazine rings is 1. The smallest absolute Gasteiger partial charge is 0.408 e. The fourth-order valence-electron chi connectivity index (χ4n) is 7.10. The predicted octanol–water partition coefficient (Wildman–Crippen LogP) is 3.85. The first-order valence-corrected chi connectivity index (χ1v) is 18.5. The minimum atomic E-state index is -1.19. The first-order valence-electron chi connectivity index (χ1n) is 18.5. The van der Waals surface area contributed by atoms with E-state index in [4.69, 9.17) is 9.47 Å². The standard InChI is InChI=1S/C38H56N8O7/c1-24(45-22-28-27(29(28)23-45)21-39-34(50)52-36(2,3)4)20-25-10-12-26(13-11-25)46-15-14-30(41-33(46)49)40-32(48)44-18-16-43(17-19-44)31(47)38(8,9)42-35(51)53-37(5,6)7/h10-15,24,27-29H,16-23H2,1-9H3,(H,39,50)(H,42,51)(H,40,41,48,49)/t24?,27?,28-,29+. The third-order valence-corrected chi connectivity index (χ3v) is 9.89. The Kier molecular flexibility index (Phi) is 11.5. The zero-order chi connectivity index (χ0) is 38.9. The predicted molar refractivity (Wildman–Crippen MR) is 200 cm³/mol. The third-order valence-electron chi connectivity index (χ3n) is 9.89. The summed E-state index contributed by atoms with van der Waals surface area (Å²) < 4.78 is 12.1. The highest BCUT2D eigenvalue weighted by Crippen LogP contribution is 2.51. The zero-order valence-electron chi connectivity index (χ0n) is 32.5. The van der Waals surface area contributed by atoms with E-state index in [-0.39, 0.29) is 44.0 Å². The van der Waals surface area contributed by atoms with Gasteiger partial charge in [-0.2, -0.15) is 4.98 Å². The van der Waals surface area contributed by atoms with Crippen molar-refractivity contribution in [2.24, 2.45) is 17.8 Å². The number of ether oxygens (including phenoxy) is 2. The molecule has 15 heteroatoms. The summed E-state index contributed by atoms with van der Waals surface area (Å²) in [5.74, 6) is 1.59. The van der Waals surface area contributed by atoms with Crippen LogP contribution in [0.3, 0.4) is 0 Å². The van der Waals surface area contributed by atoms with Crippen molar-refractivity contribution >= 4 is 29.9 Å². The quantitative estimate of drug-likeness (QED) is 0.347. The number of aromatic nitrogens is 2. The van der Waals surface area contributed by atoms with Crippen LogP contribution in [-0.2, 0) is 20.7 Å². The normalized spacial score (nSPS) is 21.0. The van der Waals surface area contributed by atoms with Crippen LogP contribution in [0.1, 0.15) is 67.9 Å². The molecule has 0 radical (unpaired) electrons. The molecule has 1 aromatic heterocycles. The van der Waals surface area contributed by atoms with E-state index in [0.29, 0.717) is 36.0 Å². The second kappa shape index (κ2) is 15.4. The molecule has 2 aromatic rings. The number of hydrogen-bond donors (Lipinski definition) is 3. The van der Waals surface area contributed by atoms with Gasteiger partial charge in [0.1, 0.15) is 22.6 Å². The molecule has 2 unspecified atom stereocenters. The molecule has 5 amide bonds. The van der Waals surface area contributed by atoms with Crippen molar-refractivity contribution < 1.29 is 28.7 Å². The molecule has 1 aromatic carbocycles. The number of urea groups is 1. The number of nitrogens with one attached hydrogen (secondary N) is 3. The molecule has 0 spiro atoms. The number of nitrogens with zero attached hydrogens (tertiary/aromatic N) is 5. The number of likely N-dealkylation sites (tertiary alicyclic amines) is 1. The molecular formula is C38H56N8O7. The molecule has 3 heterocycles. The fraction of sp³-hybridized carbons (Fsp3) is 0.632. The Morgan fingerprint density at radius 3 is 1.96 bits per heavy atom. The van der Waals surface area contributed by atoms with Crippen LogP contribution in [0.15, 0.2) is 41.3 Å². The van der Waals surface area contributed by atoms with Crippen molar-refractivity contribution in [3.05, 3.63) is 52.6 Å². The number of carbonyl (C=O) groups excluding carboxylic acids is 4. The average molecular weight is 737 g/mol. The average Bonchev–Trinajstić information content (AvgIpc) is 3.49. The van der Waals surface area contributed by atoms with Gasteiger partial charge in [0.25, 0.3) is 0 Å². The maximum Gasteiger partial charge on any atom is 0.408 e. The third kappa shape index (κ3) is 10.5. The first kappa shape index (κ1) is 39.5. The highest BCUT2D eigenvalue weighted by molar-refractivity contribution is 5.90. The van der Waals surface area contributed by atoms with E-state index < -0.39 is 34.6 Å². The van der Waals surface area contributed by atoms with Gasteiger partial charge in [-0.3, -0.25) is 19.6 Å². The van der Waals surface area contributed by atoms with Crippen molar-refractivity contribution in [3.63, 3.8) is 0 Å². The van der Waals surface area contributed by atoms with E-state index >= 15 is 0 Å². The number of benzene rings is 1. The van der Waals surface area contributed by atoms with E-state index in [1.165, 1.54) is 10.1 Å². The lowest BCUT2D eigenvalue weighted by atomic mass is 10.0. The van der Waals surface area contributed by atoms with Crippen LogP contribution in [0.2, 0.25) is 0 Å². The number of anilines is 1. The SMILES string of the molecule is CC(Cc1ccc(-n2ccc(NC(=O)N3CCN(C(=O)C(C)(C)NC(=O)OC(C)(C)C)CC3)nc2=O)cc1)N1C[C@@H]2C(CNC(=O)OC(C)(C)C)[C@@H]2C1. The second-order valence-electron chi connectivity index (χ2n) is 17.0. The number of carbonyl (C=O) groups is 4. The Morgan fingerprint density at radius 2 is 1.40 bits per heavy atom. The van der Waals surface area contributed by atoms with Gasteiger partial charge in [-0.15, -0.1) is 0 Å². The van der Waals surface area contributed by atoms with Gasteiger partial charge in [0.15, 0.2) is 0 Å². The molecule has 2 saturated heterocycles. The van der Waals surface area contributed by atoms with Gasteiger partial charge in [0.2, 0.25) is 5.91 Å². The number of hydrogen-bond acceptors (Lipinski definition) is 9. The maximum absolute atomic E-state index is 13.2. The van der Waals surface area contributed by atoms with Crippen LogP contribution in [0.4, 0.5) is 20.2 Å². The molecular weight excluding hydrogens is 680 g/mol. The van der Waals surface area contributed by atoms with Gasteiger partial charge >= 0.3 is 23.9 Å². The van der Waals surface area contributed by atoms with Gasteiger partial charge < -0.3 is 29.9 Å². The number of amides is 5. The highest BCUT2D eigenvalue weighted by atomic mass is 16.6. The molecule has 4 atom stereocenters. The lowest BCUT2D eigenvalue weighted by Gasteiger charge is -2.38. The van der Waals surface area contributed by atoms with Gasteiger partial charge in [0.05, 0.1) is 5.69 Å². The van der Waals surface area contributed by atoms with E-state index in [2.05, 4.69) is 32.8 Å². The summed E-state index contributed by atoms with van der Waals surface area (Å²) in [6.45, 7) is 20.1. The first-order chi connectivity index (χ1) is 24.7. The summed E-state index contributed by atoms with van der Waals surface area (Å²) in [5, 5.41) is 8.26. The van der Waals surface area contributed by atoms with Crippen molar-refractivity contribution in [2.75, 3.05) is 51.1 Å². The molecule has 15 nitrogen and oxygen atoms in total. The van der Waals surface area contributed by atoms with E-state index in [1.54, 1.807) is 56.7 Å². The van der Waals surface area contributed by atoms with Gasteiger partial charge in [-0.1, -0.05) is 12.1 Å². The van der Waals surface area contributed by atoms with E-state index in [0.717, 1.165) is 19.5 Å². The van der Waals surface area contributed by atoms with Crippen LogP contribution < -0.4 is 21.6 Å². The fourth-order valence-corrected chi connectivity index (χ4v) is 7.10. The van der Waals surface area contributed by atoms with Crippen LogP contribution in [0.25, 0.3) is 5.69 Å². The molecule has 5 rings (SSSR count). The summed E-state index contributed by atoms with van der Waals surface area (Å²) in [6.07, 6.45) is 1.43. The van der Waals surface area contributed by atoms with Crippen LogP contribution in [0, 0.1) is 17.8 Å². The van der Waals surface area contributed by atoms with E-state index in [9.17, 15) is 24.0 Å². The molecule has 290 valence electrons. The Hall–Kier alpha value is -4.66. The summed E-state index contributed by atoms with van der Waals surface area (Å²) >= 11 is 0. The zero-order valence-corrected chi connectivity index (χ0v) is 32.5. The molecule has 1 saturated carbocycles. The lowest BCUT2D eigenvalue weighted by Crippen LogP contribution is -2.60. The molecule has 1 aliphatic carbocycles. The molecule has 2 aliphatic heterocycles. The molecule has 3 fully saturated rings. The van der Waals surface area contributed by atoms with Crippen LogP contribution in [-0.4, -0.2) is 117 Å². The second-order valence-corrected chi connectivity index (χ2v) is 17.0. The minimum Gasteiger partial charge on any atom is -0.444 e. The lowest BCUT2D eigenvalue weighted by molar-refractivity contribution is -0.138. The summed E-state index contributed by atoms with van der Waals surface area (Å²) in [4.78, 5) is 73.2. The van der Waals surface area contributed by atoms with Crippen molar-refractivity contribution in [1.82, 2.24) is 34.9 Å². The number of piperidine rings is 1. The summed E-state index contributed by atoms with van der Waals surface area (Å²) in [5.41, 5.74) is -1.07. The van der Waals surface area contributed by atoms with E-state index in [1.807, 2.05) is 45.0 Å². The Bertz CT molecular complexity index is 1710. The number of rotatable bonds is 9. The van der Waals surface area contributed by atoms with Gasteiger partial charge in [-0.25, -0.2) is 19.2 Å². The minimum absolute atomic E-state index is 0.134. The summed E-state index contributed by atoms with van der Waals surface area (Å²) in [7, 11) is 0. The monoisotopic (exact) mass is 736 g/mol. The summed E-state index contributed by atoms with van der Waals surface area (Å²) in [6, 6.07) is 9.36. The largest absolute Gasteiger partial charge is 0.444 e. The Balaban J connectivity index is 1.05.